The maximum atomic E-state index is 12.6. The lowest BCUT2D eigenvalue weighted by molar-refractivity contribution is 0.0746. The molecule has 0 spiro atoms. The first kappa shape index (κ1) is 15.0. The van der Waals surface area contributed by atoms with Crippen LogP contribution in [0.3, 0.4) is 0 Å². The number of carbonyl (C=O) groups excluding carboxylic acids is 1. The predicted octanol–water partition coefficient (Wildman–Crippen LogP) is 2.62. The number of rotatable bonds is 3. The Kier molecular flexibility index (Phi) is 4.38. The molecule has 6 heteroatoms. The van der Waals surface area contributed by atoms with E-state index in [0.29, 0.717) is 19.0 Å². The molecule has 3 heterocycles. The van der Waals surface area contributed by atoms with E-state index < -0.39 is 0 Å². The minimum Gasteiger partial charge on any atom is -0.337 e. The Morgan fingerprint density at radius 1 is 1.18 bits per heavy atom. The summed E-state index contributed by atoms with van der Waals surface area (Å²) in [6, 6.07) is 3.84. The fourth-order valence-electron chi connectivity index (χ4n) is 2.51. The number of anilines is 1. The van der Waals surface area contributed by atoms with Gasteiger partial charge in [-0.2, -0.15) is 0 Å². The highest BCUT2D eigenvalue weighted by molar-refractivity contribution is 7.10. The Labute approximate surface area is 134 Å². The van der Waals surface area contributed by atoms with Gasteiger partial charge in [0.2, 0.25) is 5.95 Å². The summed E-state index contributed by atoms with van der Waals surface area (Å²) in [6.45, 7) is 7.28. The third-order valence-electron chi connectivity index (χ3n) is 3.84. The minimum absolute atomic E-state index is 0.136. The SMILES string of the molecule is CC(C)c1cc(C(=O)N2CCN(c3ncccn3)CC2)cs1. The Morgan fingerprint density at radius 3 is 2.45 bits per heavy atom. The van der Waals surface area contributed by atoms with Crippen molar-refractivity contribution in [3.8, 4) is 0 Å². The van der Waals surface area contributed by atoms with Gasteiger partial charge in [0.05, 0.1) is 5.56 Å². The second-order valence-electron chi connectivity index (χ2n) is 5.72. The van der Waals surface area contributed by atoms with Crippen molar-refractivity contribution < 1.29 is 4.79 Å². The fourth-order valence-corrected chi connectivity index (χ4v) is 3.41. The van der Waals surface area contributed by atoms with Crippen LogP contribution in [0.5, 0.6) is 0 Å². The van der Waals surface area contributed by atoms with Gasteiger partial charge in [0.25, 0.3) is 5.91 Å². The molecule has 5 nitrogen and oxygen atoms in total. The lowest BCUT2D eigenvalue weighted by Gasteiger charge is -2.34. The molecule has 0 saturated carbocycles. The summed E-state index contributed by atoms with van der Waals surface area (Å²) in [5.74, 6) is 1.35. The molecule has 0 N–H and O–H groups in total. The molecule has 1 fully saturated rings. The minimum atomic E-state index is 0.136. The normalized spacial score (nSPS) is 15.4. The number of piperazine rings is 1. The summed E-state index contributed by atoms with van der Waals surface area (Å²) in [7, 11) is 0. The zero-order valence-electron chi connectivity index (χ0n) is 12.9. The third-order valence-corrected chi connectivity index (χ3v) is 5.07. The van der Waals surface area contributed by atoms with Crippen molar-refractivity contribution in [3.05, 3.63) is 40.3 Å². The van der Waals surface area contributed by atoms with Gasteiger partial charge in [-0.05, 0) is 18.1 Å². The van der Waals surface area contributed by atoms with E-state index in [9.17, 15) is 4.79 Å². The van der Waals surface area contributed by atoms with E-state index in [2.05, 4.69) is 28.7 Å². The van der Waals surface area contributed by atoms with Crippen molar-refractivity contribution in [2.45, 2.75) is 19.8 Å². The van der Waals surface area contributed by atoms with E-state index in [4.69, 9.17) is 0 Å². The van der Waals surface area contributed by atoms with E-state index in [0.717, 1.165) is 24.6 Å². The summed E-state index contributed by atoms with van der Waals surface area (Å²) < 4.78 is 0. The van der Waals surface area contributed by atoms with Crippen molar-refractivity contribution in [3.63, 3.8) is 0 Å². The average Bonchev–Trinajstić information content (AvgIpc) is 3.05. The highest BCUT2D eigenvalue weighted by Gasteiger charge is 2.24. The van der Waals surface area contributed by atoms with Gasteiger partial charge >= 0.3 is 0 Å². The zero-order valence-corrected chi connectivity index (χ0v) is 13.7. The molecular weight excluding hydrogens is 296 g/mol. The van der Waals surface area contributed by atoms with Gasteiger partial charge in [-0.1, -0.05) is 13.8 Å². The molecule has 0 aliphatic carbocycles. The molecule has 0 bridgehead atoms. The number of aromatic nitrogens is 2. The van der Waals surface area contributed by atoms with Gasteiger partial charge in [0, 0.05) is 48.8 Å². The summed E-state index contributed by atoms with van der Waals surface area (Å²) in [6.07, 6.45) is 3.50. The van der Waals surface area contributed by atoms with Crippen molar-refractivity contribution in [1.82, 2.24) is 14.9 Å². The van der Waals surface area contributed by atoms with Crippen molar-refractivity contribution in [1.29, 1.82) is 0 Å². The first-order valence-corrected chi connectivity index (χ1v) is 8.43. The maximum Gasteiger partial charge on any atom is 0.254 e. The first-order valence-electron chi connectivity index (χ1n) is 7.55. The second-order valence-corrected chi connectivity index (χ2v) is 6.66. The number of amides is 1. The van der Waals surface area contributed by atoms with Gasteiger partial charge in [0.1, 0.15) is 0 Å². The monoisotopic (exact) mass is 316 g/mol. The number of hydrogen-bond acceptors (Lipinski definition) is 5. The van der Waals surface area contributed by atoms with Crippen LogP contribution in [0.25, 0.3) is 0 Å². The molecule has 1 saturated heterocycles. The molecule has 1 amide bonds. The Bertz CT molecular complexity index is 633. The Balaban J connectivity index is 1.62. The van der Waals surface area contributed by atoms with Gasteiger partial charge < -0.3 is 9.80 Å². The summed E-state index contributed by atoms with van der Waals surface area (Å²) in [5.41, 5.74) is 0.818. The van der Waals surface area contributed by atoms with Gasteiger partial charge in [-0.3, -0.25) is 4.79 Å². The Hall–Kier alpha value is -1.95. The highest BCUT2D eigenvalue weighted by Crippen LogP contribution is 2.24. The number of thiophene rings is 1. The molecule has 0 atom stereocenters. The van der Waals surface area contributed by atoms with Crippen LogP contribution in [-0.2, 0) is 0 Å². The smallest absolute Gasteiger partial charge is 0.254 e. The highest BCUT2D eigenvalue weighted by atomic mass is 32.1. The van der Waals surface area contributed by atoms with Crippen LogP contribution in [-0.4, -0.2) is 47.0 Å². The molecular formula is C16H20N4OS. The Morgan fingerprint density at radius 2 is 1.86 bits per heavy atom. The van der Waals surface area contributed by atoms with E-state index in [1.807, 2.05) is 22.4 Å². The molecule has 1 aliphatic rings. The molecule has 2 aromatic heterocycles. The number of hydrogen-bond donors (Lipinski definition) is 0. The standard InChI is InChI=1S/C16H20N4OS/c1-12(2)14-10-13(11-22-14)15(21)19-6-8-20(9-7-19)16-17-4-3-5-18-16/h3-5,10-12H,6-9H2,1-2H3. The molecule has 0 aromatic carbocycles. The molecule has 22 heavy (non-hydrogen) atoms. The second kappa shape index (κ2) is 6.44. The van der Waals surface area contributed by atoms with Crippen molar-refractivity contribution in [2.24, 2.45) is 0 Å². The lowest BCUT2D eigenvalue weighted by Crippen LogP contribution is -2.49. The topological polar surface area (TPSA) is 49.3 Å². The van der Waals surface area contributed by atoms with E-state index in [-0.39, 0.29) is 5.91 Å². The lowest BCUT2D eigenvalue weighted by atomic mass is 10.1. The molecule has 2 aromatic rings. The van der Waals surface area contributed by atoms with Crippen molar-refractivity contribution >= 4 is 23.2 Å². The largest absolute Gasteiger partial charge is 0.337 e. The quantitative estimate of drug-likeness (QED) is 0.873. The first-order chi connectivity index (χ1) is 10.6. The maximum absolute atomic E-state index is 12.6. The van der Waals surface area contributed by atoms with Crippen molar-refractivity contribution in [2.75, 3.05) is 31.1 Å². The molecule has 0 unspecified atom stereocenters. The summed E-state index contributed by atoms with van der Waals surface area (Å²) in [4.78, 5) is 26.4. The number of nitrogens with zero attached hydrogens (tertiary/aromatic N) is 4. The molecule has 3 rings (SSSR count). The van der Waals surface area contributed by atoms with Crippen LogP contribution in [0.15, 0.2) is 29.9 Å². The van der Waals surface area contributed by atoms with Crippen LogP contribution in [0.2, 0.25) is 0 Å². The van der Waals surface area contributed by atoms with Crippen LogP contribution < -0.4 is 4.90 Å². The molecule has 116 valence electrons. The summed E-state index contributed by atoms with van der Waals surface area (Å²) >= 11 is 1.67. The van der Waals surface area contributed by atoms with E-state index in [1.165, 1.54) is 4.88 Å². The number of carbonyl (C=O) groups is 1. The average molecular weight is 316 g/mol. The molecule has 1 aliphatic heterocycles. The van der Waals surface area contributed by atoms with Gasteiger partial charge in [0.15, 0.2) is 0 Å². The van der Waals surface area contributed by atoms with Crippen LogP contribution in [0.1, 0.15) is 35.0 Å². The van der Waals surface area contributed by atoms with Crippen LogP contribution >= 0.6 is 11.3 Å². The fraction of sp³-hybridized carbons (Fsp3) is 0.438. The zero-order chi connectivity index (χ0) is 15.5. The van der Waals surface area contributed by atoms with Gasteiger partial charge in [-0.15, -0.1) is 11.3 Å². The third kappa shape index (κ3) is 3.11. The summed E-state index contributed by atoms with van der Waals surface area (Å²) in [5, 5.41) is 1.98. The predicted molar refractivity (Wildman–Crippen MR) is 88.6 cm³/mol. The molecule has 0 radical (unpaired) electrons. The van der Waals surface area contributed by atoms with E-state index >= 15 is 0 Å². The van der Waals surface area contributed by atoms with Crippen LogP contribution in [0.4, 0.5) is 5.95 Å². The van der Waals surface area contributed by atoms with Gasteiger partial charge in [-0.25, -0.2) is 9.97 Å². The van der Waals surface area contributed by atoms with E-state index in [1.54, 1.807) is 23.7 Å². The van der Waals surface area contributed by atoms with Crippen LogP contribution in [0, 0.1) is 0 Å².